The number of nitrogens with two attached hydrogens (primary N) is 1. The Labute approximate surface area is 127 Å². The maximum atomic E-state index is 5.93. The third-order valence-corrected chi connectivity index (χ3v) is 3.47. The van der Waals surface area contributed by atoms with E-state index < -0.39 is 0 Å². The lowest BCUT2D eigenvalue weighted by atomic mass is 10.2. The van der Waals surface area contributed by atoms with Gasteiger partial charge in [-0.05, 0) is 46.6 Å². The standard InChI is InChI=1S/C12H9Br2ClN2O/c1-6-2-7(13)3-10(16)11(6)18-12-9(14)4-8(15)5-17-12/h2-5H,16H2,1H3. The molecule has 0 aliphatic carbocycles. The van der Waals surface area contributed by atoms with E-state index in [0.29, 0.717) is 26.8 Å². The predicted molar refractivity (Wildman–Crippen MR) is 80.3 cm³/mol. The summed E-state index contributed by atoms with van der Waals surface area (Å²) in [6.45, 7) is 1.92. The fraction of sp³-hybridized carbons (Fsp3) is 0.0833. The van der Waals surface area contributed by atoms with Gasteiger partial charge in [-0.15, -0.1) is 0 Å². The normalized spacial score (nSPS) is 10.4. The number of ether oxygens (including phenoxy) is 1. The Bertz CT molecular complexity index is 582. The van der Waals surface area contributed by atoms with Crippen LogP contribution < -0.4 is 10.5 Å². The second kappa shape index (κ2) is 5.47. The third kappa shape index (κ3) is 2.96. The Kier molecular flexibility index (Phi) is 4.14. The molecule has 6 heteroatoms. The van der Waals surface area contributed by atoms with E-state index in [-0.39, 0.29) is 0 Å². The van der Waals surface area contributed by atoms with E-state index in [1.165, 1.54) is 6.20 Å². The number of pyridine rings is 1. The maximum Gasteiger partial charge on any atom is 0.233 e. The topological polar surface area (TPSA) is 48.1 Å². The molecule has 0 atom stereocenters. The minimum absolute atomic E-state index is 0.427. The van der Waals surface area contributed by atoms with Gasteiger partial charge in [0.05, 0.1) is 15.2 Å². The number of hydrogen-bond donors (Lipinski definition) is 1. The lowest BCUT2D eigenvalue weighted by Crippen LogP contribution is -1.97. The van der Waals surface area contributed by atoms with Crippen molar-refractivity contribution in [2.24, 2.45) is 0 Å². The van der Waals surface area contributed by atoms with Crippen LogP contribution in [-0.4, -0.2) is 4.98 Å². The Morgan fingerprint density at radius 2 is 2.00 bits per heavy atom. The van der Waals surface area contributed by atoms with Crippen molar-refractivity contribution >= 4 is 49.1 Å². The average Bonchev–Trinajstić information content (AvgIpc) is 2.25. The first-order valence-electron chi connectivity index (χ1n) is 5.02. The van der Waals surface area contributed by atoms with Crippen molar-refractivity contribution in [1.29, 1.82) is 0 Å². The van der Waals surface area contributed by atoms with Gasteiger partial charge >= 0.3 is 0 Å². The summed E-state index contributed by atoms with van der Waals surface area (Å²) in [6.07, 6.45) is 1.52. The molecule has 2 aromatic rings. The maximum absolute atomic E-state index is 5.93. The summed E-state index contributed by atoms with van der Waals surface area (Å²) >= 11 is 12.5. The van der Waals surface area contributed by atoms with Crippen molar-refractivity contribution in [3.8, 4) is 11.6 Å². The fourth-order valence-corrected chi connectivity index (χ4v) is 2.78. The molecule has 1 aromatic carbocycles. The number of hydrogen-bond acceptors (Lipinski definition) is 3. The second-order valence-corrected chi connectivity index (χ2v) is 5.89. The zero-order chi connectivity index (χ0) is 13.3. The molecular formula is C12H9Br2ClN2O. The van der Waals surface area contributed by atoms with E-state index in [4.69, 9.17) is 22.1 Å². The van der Waals surface area contributed by atoms with E-state index in [2.05, 4.69) is 36.8 Å². The van der Waals surface area contributed by atoms with Gasteiger partial charge in [0, 0.05) is 10.7 Å². The summed E-state index contributed by atoms with van der Waals surface area (Å²) in [6, 6.07) is 5.43. The smallest absolute Gasteiger partial charge is 0.233 e. The first kappa shape index (κ1) is 13.6. The lowest BCUT2D eigenvalue weighted by Gasteiger charge is -2.12. The first-order valence-corrected chi connectivity index (χ1v) is 6.98. The van der Waals surface area contributed by atoms with Crippen molar-refractivity contribution in [2.75, 3.05) is 5.73 Å². The van der Waals surface area contributed by atoms with Crippen LogP contribution in [0.15, 0.2) is 33.3 Å². The van der Waals surface area contributed by atoms with Gasteiger partial charge in [-0.3, -0.25) is 0 Å². The molecule has 0 aliphatic rings. The van der Waals surface area contributed by atoms with Crippen LogP contribution in [0.5, 0.6) is 11.6 Å². The van der Waals surface area contributed by atoms with Crippen molar-refractivity contribution in [3.63, 3.8) is 0 Å². The van der Waals surface area contributed by atoms with Crippen molar-refractivity contribution < 1.29 is 4.74 Å². The number of halogens is 3. The molecule has 2 N–H and O–H groups in total. The largest absolute Gasteiger partial charge is 0.435 e. The molecule has 18 heavy (non-hydrogen) atoms. The minimum atomic E-state index is 0.427. The van der Waals surface area contributed by atoms with Crippen LogP contribution in [0.3, 0.4) is 0 Å². The monoisotopic (exact) mass is 390 g/mol. The molecule has 0 amide bonds. The molecule has 1 heterocycles. The van der Waals surface area contributed by atoms with Gasteiger partial charge < -0.3 is 10.5 Å². The number of benzene rings is 1. The summed E-state index contributed by atoms with van der Waals surface area (Å²) in [5, 5.41) is 0.537. The number of rotatable bonds is 2. The number of aryl methyl sites for hydroxylation is 1. The molecule has 0 fully saturated rings. The number of nitrogens with zero attached hydrogens (tertiary/aromatic N) is 1. The molecule has 94 valence electrons. The molecule has 0 aliphatic heterocycles. The highest BCUT2D eigenvalue weighted by atomic mass is 79.9. The predicted octanol–water partition coefficient (Wildman–Crippen LogP) is 4.94. The van der Waals surface area contributed by atoms with Gasteiger partial charge in [0.15, 0.2) is 5.75 Å². The average molecular weight is 392 g/mol. The zero-order valence-corrected chi connectivity index (χ0v) is 13.3. The van der Waals surface area contributed by atoms with Gasteiger partial charge in [0.1, 0.15) is 0 Å². The summed E-state index contributed by atoms with van der Waals surface area (Å²) in [5.74, 6) is 1.02. The summed E-state index contributed by atoms with van der Waals surface area (Å²) in [5.41, 5.74) is 7.39. The van der Waals surface area contributed by atoms with Gasteiger partial charge in [-0.25, -0.2) is 4.98 Å². The number of aromatic nitrogens is 1. The van der Waals surface area contributed by atoms with Crippen LogP contribution in [0.2, 0.25) is 5.02 Å². The fourth-order valence-electron chi connectivity index (χ4n) is 1.47. The van der Waals surface area contributed by atoms with Gasteiger partial charge in [-0.1, -0.05) is 27.5 Å². The van der Waals surface area contributed by atoms with E-state index >= 15 is 0 Å². The molecule has 0 spiro atoms. The molecule has 0 bridgehead atoms. The zero-order valence-electron chi connectivity index (χ0n) is 9.38. The summed E-state index contributed by atoms with van der Waals surface area (Å²) in [4.78, 5) is 4.11. The van der Waals surface area contributed by atoms with Crippen LogP contribution in [-0.2, 0) is 0 Å². The van der Waals surface area contributed by atoms with Crippen LogP contribution >= 0.6 is 43.5 Å². The van der Waals surface area contributed by atoms with E-state index in [1.54, 1.807) is 12.1 Å². The summed E-state index contributed by atoms with van der Waals surface area (Å²) in [7, 11) is 0. The highest BCUT2D eigenvalue weighted by molar-refractivity contribution is 9.10. The Morgan fingerprint density at radius 3 is 2.61 bits per heavy atom. The molecule has 1 aromatic heterocycles. The molecule has 3 nitrogen and oxygen atoms in total. The molecular weight excluding hydrogens is 383 g/mol. The molecule has 0 saturated heterocycles. The molecule has 0 radical (unpaired) electrons. The van der Waals surface area contributed by atoms with Gasteiger partial charge in [0.2, 0.25) is 5.88 Å². The van der Waals surface area contributed by atoms with Crippen LogP contribution in [0.25, 0.3) is 0 Å². The van der Waals surface area contributed by atoms with E-state index in [9.17, 15) is 0 Å². The number of nitrogen functional groups attached to an aromatic ring is 1. The summed E-state index contributed by atoms with van der Waals surface area (Å²) < 4.78 is 7.31. The Balaban J connectivity index is 2.40. The highest BCUT2D eigenvalue weighted by Crippen LogP contribution is 2.36. The second-order valence-electron chi connectivity index (χ2n) is 3.68. The molecule has 2 rings (SSSR count). The van der Waals surface area contributed by atoms with Crippen molar-refractivity contribution in [2.45, 2.75) is 6.92 Å². The first-order chi connectivity index (χ1) is 8.47. The van der Waals surface area contributed by atoms with Crippen LogP contribution in [0.4, 0.5) is 5.69 Å². The minimum Gasteiger partial charge on any atom is -0.435 e. The molecule has 0 saturated carbocycles. The van der Waals surface area contributed by atoms with Crippen molar-refractivity contribution in [1.82, 2.24) is 4.98 Å². The SMILES string of the molecule is Cc1cc(Br)cc(N)c1Oc1ncc(Cl)cc1Br. The van der Waals surface area contributed by atoms with Crippen LogP contribution in [0, 0.1) is 6.92 Å². The third-order valence-electron chi connectivity index (χ3n) is 2.24. The van der Waals surface area contributed by atoms with Gasteiger partial charge in [-0.2, -0.15) is 0 Å². The molecule has 0 unspecified atom stereocenters. The Morgan fingerprint density at radius 1 is 1.28 bits per heavy atom. The lowest BCUT2D eigenvalue weighted by molar-refractivity contribution is 0.458. The number of anilines is 1. The van der Waals surface area contributed by atoms with Crippen LogP contribution in [0.1, 0.15) is 5.56 Å². The van der Waals surface area contributed by atoms with Gasteiger partial charge in [0.25, 0.3) is 0 Å². The Hall–Kier alpha value is -0.780. The van der Waals surface area contributed by atoms with Crippen molar-refractivity contribution in [3.05, 3.63) is 43.9 Å². The van der Waals surface area contributed by atoms with E-state index in [0.717, 1.165) is 10.0 Å². The quantitative estimate of drug-likeness (QED) is 0.736. The van der Waals surface area contributed by atoms with E-state index in [1.807, 2.05) is 13.0 Å². The highest BCUT2D eigenvalue weighted by Gasteiger charge is 2.11.